The molecule has 1 aliphatic rings. The SMILES string of the molecule is Cc1cccc(Cl)c1CN(CCN1CCCC1)C(=O)c1cc(C(F)(F)F)[nH]n1. The number of aryl methyl sites for hydroxylation is 1. The number of likely N-dealkylation sites (tertiary alicyclic amines) is 1. The summed E-state index contributed by atoms with van der Waals surface area (Å²) in [6.45, 7) is 5.08. The quantitative estimate of drug-likeness (QED) is 0.773. The van der Waals surface area contributed by atoms with E-state index < -0.39 is 17.8 Å². The molecule has 1 amide bonds. The highest BCUT2D eigenvalue weighted by molar-refractivity contribution is 6.31. The first-order chi connectivity index (χ1) is 13.3. The zero-order valence-corrected chi connectivity index (χ0v) is 16.3. The number of aromatic nitrogens is 2. The molecule has 1 fully saturated rings. The largest absolute Gasteiger partial charge is 0.432 e. The molecule has 1 saturated heterocycles. The highest BCUT2D eigenvalue weighted by Gasteiger charge is 2.34. The summed E-state index contributed by atoms with van der Waals surface area (Å²) in [5, 5.41) is 6.02. The number of hydrogen-bond donors (Lipinski definition) is 1. The number of halogens is 4. The number of hydrogen-bond acceptors (Lipinski definition) is 3. The Morgan fingerprint density at radius 3 is 2.64 bits per heavy atom. The van der Waals surface area contributed by atoms with Crippen LogP contribution < -0.4 is 0 Å². The zero-order valence-electron chi connectivity index (χ0n) is 15.5. The second-order valence-corrected chi connectivity index (χ2v) is 7.38. The van der Waals surface area contributed by atoms with Gasteiger partial charge >= 0.3 is 6.18 Å². The molecule has 152 valence electrons. The van der Waals surface area contributed by atoms with Crippen LogP contribution in [0.15, 0.2) is 24.3 Å². The lowest BCUT2D eigenvalue weighted by Crippen LogP contribution is -2.38. The van der Waals surface area contributed by atoms with Crippen molar-refractivity contribution in [2.24, 2.45) is 0 Å². The van der Waals surface area contributed by atoms with Gasteiger partial charge in [-0.05, 0) is 50.0 Å². The third-order valence-electron chi connectivity index (χ3n) is 4.98. The summed E-state index contributed by atoms with van der Waals surface area (Å²) >= 11 is 6.30. The zero-order chi connectivity index (χ0) is 20.3. The molecule has 1 aromatic heterocycles. The molecule has 0 radical (unpaired) electrons. The van der Waals surface area contributed by atoms with Crippen LogP contribution in [0.2, 0.25) is 5.02 Å². The van der Waals surface area contributed by atoms with Crippen molar-refractivity contribution in [1.82, 2.24) is 20.0 Å². The highest BCUT2D eigenvalue weighted by Crippen LogP contribution is 2.28. The molecule has 0 bridgehead atoms. The summed E-state index contributed by atoms with van der Waals surface area (Å²) in [4.78, 5) is 16.7. The molecule has 1 aromatic carbocycles. The number of benzene rings is 1. The van der Waals surface area contributed by atoms with Gasteiger partial charge in [-0.3, -0.25) is 9.89 Å². The summed E-state index contributed by atoms with van der Waals surface area (Å²) in [5.74, 6) is -0.551. The van der Waals surface area contributed by atoms with Gasteiger partial charge in [0.25, 0.3) is 5.91 Å². The van der Waals surface area contributed by atoms with Crippen molar-refractivity contribution < 1.29 is 18.0 Å². The van der Waals surface area contributed by atoms with Gasteiger partial charge in [-0.2, -0.15) is 18.3 Å². The maximum Gasteiger partial charge on any atom is 0.432 e. The molecule has 1 N–H and O–H groups in total. The van der Waals surface area contributed by atoms with E-state index in [2.05, 4.69) is 10.00 Å². The van der Waals surface area contributed by atoms with E-state index in [0.29, 0.717) is 18.1 Å². The Morgan fingerprint density at radius 1 is 1.32 bits per heavy atom. The van der Waals surface area contributed by atoms with Gasteiger partial charge in [-0.15, -0.1) is 0 Å². The van der Waals surface area contributed by atoms with Crippen LogP contribution in [0, 0.1) is 6.92 Å². The second kappa shape index (κ2) is 8.53. The molecule has 0 unspecified atom stereocenters. The molecule has 0 spiro atoms. The van der Waals surface area contributed by atoms with Crippen LogP contribution in [0.25, 0.3) is 0 Å². The van der Waals surface area contributed by atoms with Crippen LogP contribution >= 0.6 is 11.6 Å². The fourth-order valence-corrected chi connectivity index (χ4v) is 3.60. The van der Waals surface area contributed by atoms with Crippen molar-refractivity contribution >= 4 is 17.5 Å². The monoisotopic (exact) mass is 414 g/mol. The van der Waals surface area contributed by atoms with E-state index in [4.69, 9.17) is 11.6 Å². The molecule has 1 aliphatic heterocycles. The first-order valence-corrected chi connectivity index (χ1v) is 9.51. The Bertz CT molecular complexity index is 811. The number of carbonyl (C=O) groups excluding carboxylic acids is 1. The predicted molar refractivity (Wildman–Crippen MR) is 100 cm³/mol. The fourth-order valence-electron chi connectivity index (χ4n) is 3.32. The maximum atomic E-state index is 12.9. The van der Waals surface area contributed by atoms with Gasteiger partial charge in [-0.25, -0.2) is 0 Å². The van der Waals surface area contributed by atoms with E-state index in [1.807, 2.05) is 24.2 Å². The molecule has 5 nitrogen and oxygen atoms in total. The lowest BCUT2D eigenvalue weighted by atomic mass is 10.1. The van der Waals surface area contributed by atoms with Crippen molar-refractivity contribution in [2.45, 2.75) is 32.5 Å². The Labute approximate surface area is 166 Å². The van der Waals surface area contributed by atoms with Gasteiger partial charge in [0.15, 0.2) is 5.69 Å². The summed E-state index contributed by atoms with van der Waals surface area (Å²) < 4.78 is 38.6. The normalized spacial score (nSPS) is 15.2. The van der Waals surface area contributed by atoms with Crippen LogP contribution in [-0.4, -0.2) is 52.1 Å². The standard InChI is InChI=1S/C19H22ClF3N4O/c1-13-5-4-6-15(20)14(13)12-27(10-9-26-7-2-3-8-26)18(28)16-11-17(25-24-16)19(21,22)23/h4-6,11H,2-3,7-10,12H2,1H3,(H,24,25). The third-order valence-corrected chi connectivity index (χ3v) is 5.33. The van der Waals surface area contributed by atoms with E-state index in [9.17, 15) is 18.0 Å². The van der Waals surface area contributed by atoms with Crippen molar-refractivity contribution in [3.8, 4) is 0 Å². The minimum atomic E-state index is -4.58. The number of carbonyl (C=O) groups is 1. The van der Waals surface area contributed by atoms with E-state index >= 15 is 0 Å². The van der Waals surface area contributed by atoms with Gasteiger partial charge in [0.1, 0.15) is 5.69 Å². The molecule has 9 heteroatoms. The van der Waals surface area contributed by atoms with Crippen molar-refractivity contribution in [3.05, 3.63) is 51.8 Å². The summed E-state index contributed by atoms with van der Waals surface area (Å²) in [7, 11) is 0. The van der Waals surface area contributed by atoms with Crippen LogP contribution in [0.3, 0.4) is 0 Å². The lowest BCUT2D eigenvalue weighted by molar-refractivity contribution is -0.141. The van der Waals surface area contributed by atoms with E-state index in [1.165, 1.54) is 4.90 Å². The van der Waals surface area contributed by atoms with Gasteiger partial charge in [0.2, 0.25) is 0 Å². The number of amides is 1. The van der Waals surface area contributed by atoms with E-state index in [1.54, 1.807) is 6.07 Å². The lowest BCUT2D eigenvalue weighted by Gasteiger charge is -2.26. The van der Waals surface area contributed by atoms with Gasteiger partial charge in [0.05, 0.1) is 0 Å². The predicted octanol–water partition coefficient (Wildman–Crippen LogP) is 4.13. The number of H-pyrrole nitrogens is 1. The number of alkyl halides is 3. The second-order valence-electron chi connectivity index (χ2n) is 6.98. The Kier molecular flexibility index (Phi) is 6.30. The smallest absolute Gasteiger partial charge is 0.332 e. The van der Waals surface area contributed by atoms with Gasteiger partial charge < -0.3 is 9.80 Å². The Balaban J connectivity index is 1.82. The van der Waals surface area contributed by atoms with Gasteiger partial charge in [-0.1, -0.05) is 23.7 Å². The molecule has 3 rings (SSSR count). The van der Waals surface area contributed by atoms with Crippen LogP contribution in [-0.2, 0) is 12.7 Å². The van der Waals surface area contributed by atoms with Crippen LogP contribution in [0.4, 0.5) is 13.2 Å². The first-order valence-electron chi connectivity index (χ1n) is 9.14. The molecule has 0 aliphatic carbocycles. The first kappa shape index (κ1) is 20.7. The number of aromatic amines is 1. The van der Waals surface area contributed by atoms with Crippen molar-refractivity contribution in [2.75, 3.05) is 26.2 Å². The topological polar surface area (TPSA) is 52.2 Å². The van der Waals surface area contributed by atoms with E-state index in [0.717, 1.165) is 43.1 Å². The van der Waals surface area contributed by atoms with Crippen molar-refractivity contribution in [1.29, 1.82) is 0 Å². The van der Waals surface area contributed by atoms with Crippen molar-refractivity contribution in [3.63, 3.8) is 0 Å². The van der Waals surface area contributed by atoms with Gasteiger partial charge in [0, 0.05) is 30.7 Å². The summed E-state index contributed by atoms with van der Waals surface area (Å²) in [6, 6.07) is 6.20. The Morgan fingerprint density at radius 2 is 2.04 bits per heavy atom. The third kappa shape index (κ3) is 4.86. The number of nitrogens with one attached hydrogen (secondary N) is 1. The maximum absolute atomic E-state index is 12.9. The average Bonchev–Trinajstić information content (AvgIpc) is 3.31. The number of rotatable bonds is 6. The fraction of sp³-hybridized carbons (Fsp3) is 0.474. The molecular formula is C19H22ClF3N4O. The summed E-state index contributed by atoms with van der Waals surface area (Å²) in [6.07, 6.45) is -2.34. The minimum Gasteiger partial charge on any atom is -0.332 e. The highest BCUT2D eigenvalue weighted by atomic mass is 35.5. The minimum absolute atomic E-state index is 0.215. The average molecular weight is 415 g/mol. The molecule has 2 aromatic rings. The number of nitrogens with zero attached hydrogens (tertiary/aromatic N) is 3. The molecule has 2 heterocycles. The van der Waals surface area contributed by atoms with Crippen LogP contribution in [0.1, 0.15) is 40.2 Å². The van der Waals surface area contributed by atoms with Crippen LogP contribution in [0.5, 0.6) is 0 Å². The molecule has 28 heavy (non-hydrogen) atoms. The molecule has 0 atom stereocenters. The molecular weight excluding hydrogens is 393 g/mol. The van der Waals surface area contributed by atoms with E-state index in [-0.39, 0.29) is 12.2 Å². The summed E-state index contributed by atoms with van der Waals surface area (Å²) in [5.41, 5.74) is 0.415. The molecule has 0 saturated carbocycles. The Hall–Kier alpha value is -2.06.